The van der Waals surface area contributed by atoms with Gasteiger partial charge in [0.05, 0.1) is 9.90 Å². The van der Waals surface area contributed by atoms with Gasteiger partial charge in [-0.2, -0.15) is 0 Å². The molecule has 1 amide bonds. The number of carbonyl (C=O) groups excluding carboxylic acids is 1. The van der Waals surface area contributed by atoms with Crippen LogP contribution in [0.25, 0.3) is 0 Å². The van der Waals surface area contributed by atoms with Crippen LogP contribution in [-0.4, -0.2) is 10.9 Å². The highest BCUT2D eigenvalue weighted by molar-refractivity contribution is 7.98. The van der Waals surface area contributed by atoms with Crippen molar-refractivity contribution in [3.05, 3.63) is 76.1 Å². The standard InChI is InChI=1S/C19H18N2OS2/c1-2-15-9-11-23-18(15)19(22)21-16-7-5-6-14(12-16)13-24-17-8-3-4-10-20-17/h3-12H,2,13H2,1H3,(H,21,22). The minimum absolute atomic E-state index is 0.0311. The predicted octanol–water partition coefficient (Wildman–Crippen LogP) is 5.25. The molecule has 0 atom stereocenters. The summed E-state index contributed by atoms with van der Waals surface area (Å²) in [5, 5.41) is 5.97. The third kappa shape index (κ3) is 4.24. The number of rotatable bonds is 6. The number of thioether (sulfide) groups is 1. The molecule has 3 rings (SSSR count). The van der Waals surface area contributed by atoms with Gasteiger partial charge in [0, 0.05) is 17.6 Å². The number of hydrogen-bond acceptors (Lipinski definition) is 4. The van der Waals surface area contributed by atoms with Gasteiger partial charge in [0.1, 0.15) is 0 Å². The van der Waals surface area contributed by atoms with E-state index in [0.29, 0.717) is 0 Å². The Kier molecular flexibility index (Phi) is 5.67. The van der Waals surface area contributed by atoms with Gasteiger partial charge < -0.3 is 5.32 Å². The normalized spacial score (nSPS) is 10.5. The van der Waals surface area contributed by atoms with Gasteiger partial charge >= 0.3 is 0 Å². The lowest BCUT2D eigenvalue weighted by Crippen LogP contribution is -2.12. The van der Waals surface area contributed by atoms with Gasteiger partial charge in [-0.05, 0) is 53.3 Å². The lowest BCUT2D eigenvalue weighted by Gasteiger charge is -2.07. The first-order valence-corrected chi connectivity index (χ1v) is 9.63. The maximum atomic E-state index is 12.4. The highest BCUT2D eigenvalue weighted by Crippen LogP contribution is 2.23. The van der Waals surface area contributed by atoms with E-state index in [1.54, 1.807) is 18.0 Å². The number of carbonyl (C=O) groups is 1. The van der Waals surface area contributed by atoms with Crippen molar-refractivity contribution in [1.29, 1.82) is 0 Å². The molecule has 2 aromatic heterocycles. The van der Waals surface area contributed by atoms with Gasteiger partial charge in [-0.25, -0.2) is 4.98 Å². The smallest absolute Gasteiger partial charge is 0.266 e. The molecule has 2 heterocycles. The van der Waals surface area contributed by atoms with E-state index in [1.807, 2.05) is 47.8 Å². The molecule has 0 radical (unpaired) electrons. The molecule has 3 nitrogen and oxygen atoms in total. The highest BCUT2D eigenvalue weighted by atomic mass is 32.2. The number of nitrogens with zero attached hydrogens (tertiary/aromatic N) is 1. The molecular weight excluding hydrogens is 336 g/mol. The zero-order chi connectivity index (χ0) is 16.8. The van der Waals surface area contributed by atoms with Gasteiger partial charge in [0.25, 0.3) is 5.91 Å². The second kappa shape index (κ2) is 8.13. The van der Waals surface area contributed by atoms with Crippen LogP contribution in [0.1, 0.15) is 27.7 Å². The van der Waals surface area contributed by atoms with Crippen molar-refractivity contribution in [2.75, 3.05) is 5.32 Å². The van der Waals surface area contributed by atoms with Crippen LogP contribution >= 0.6 is 23.1 Å². The number of aryl methyl sites for hydroxylation is 1. The molecule has 0 saturated carbocycles. The SMILES string of the molecule is CCc1ccsc1C(=O)Nc1cccc(CSc2ccccn2)c1. The van der Waals surface area contributed by atoms with Gasteiger partial charge in [-0.3, -0.25) is 4.79 Å². The monoisotopic (exact) mass is 354 g/mol. The molecule has 122 valence electrons. The third-order valence-corrected chi connectivity index (χ3v) is 5.51. The number of anilines is 1. The second-order valence-electron chi connectivity index (χ2n) is 5.24. The lowest BCUT2D eigenvalue weighted by atomic mass is 10.2. The zero-order valence-corrected chi connectivity index (χ0v) is 15.0. The largest absolute Gasteiger partial charge is 0.321 e. The van der Waals surface area contributed by atoms with Crippen molar-refractivity contribution < 1.29 is 4.79 Å². The molecule has 0 aliphatic carbocycles. The third-order valence-electron chi connectivity index (χ3n) is 3.54. The minimum Gasteiger partial charge on any atom is -0.321 e. The van der Waals surface area contributed by atoms with E-state index in [0.717, 1.165) is 38.9 Å². The van der Waals surface area contributed by atoms with Crippen molar-refractivity contribution in [1.82, 2.24) is 4.98 Å². The molecule has 3 aromatic rings. The van der Waals surface area contributed by atoms with E-state index in [4.69, 9.17) is 0 Å². The summed E-state index contributed by atoms with van der Waals surface area (Å²) in [5.74, 6) is 0.788. The molecule has 0 aliphatic rings. The Labute approximate surface area is 150 Å². The first kappa shape index (κ1) is 16.7. The molecular formula is C19H18N2OS2. The highest BCUT2D eigenvalue weighted by Gasteiger charge is 2.12. The van der Waals surface area contributed by atoms with Gasteiger partial charge in [0.15, 0.2) is 0 Å². The zero-order valence-electron chi connectivity index (χ0n) is 13.4. The lowest BCUT2D eigenvalue weighted by molar-refractivity contribution is 0.103. The maximum absolute atomic E-state index is 12.4. The number of nitrogens with one attached hydrogen (secondary N) is 1. The van der Waals surface area contributed by atoms with Crippen LogP contribution in [0.5, 0.6) is 0 Å². The van der Waals surface area contributed by atoms with Crippen LogP contribution in [0.2, 0.25) is 0 Å². The number of amides is 1. The molecule has 1 N–H and O–H groups in total. The number of benzene rings is 1. The summed E-state index contributed by atoms with van der Waals surface area (Å²) in [6.45, 7) is 2.06. The number of hydrogen-bond donors (Lipinski definition) is 1. The summed E-state index contributed by atoms with van der Waals surface area (Å²) in [5.41, 5.74) is 3.08. The average molecular weight is 355 g/mol. The van der Waals surface area contributed by atoms with Gasteiger partial charge in [0.2, 0.25) is 0 Å². The molecule has 1 aromatic carbocycles. The van der Waals surface area contributed by atoms with Crippen molar-refractivity contribution in [3.8, 4) is 0 Å². The molecule has 24 heavy (non-hydrogen) atoms. The summed E-state index contributed by atoms with van der Waals surface area (Å²) < 4.78 is 0. The maximum Gasteiger partial charge on any atom is 0.266 e. The van der Waals surface area contributed by atoms with E-state index in [2.05, 4.69) is 23.3 Å². The Morgan fingerprint density at radius 1 is 1.21 bits per heavy atom. The van der Waals surface area contributed by atoms with E-state index < -0.39 is 0 Å². The molecule has 0 fully saturated rings. The van der Waals surface area contributed by atoms with Crippen LogP contribution < -0.4 is 5.32 Å². The fourth-order valence-corrected chi connectivity index (χ4v) is 4.02. The number of thiophene rings is 1. The Hall–Kier alpha value is -2.11. The van der Waals surface area contributed by atoms with E-state index in [9.17, 15) is 4.79 Å². The molecule has 0 spiro atoms. The minimum atomic E-state index is -0.0311. The second-order valence-corrected chi connectivity index (χ2v) is 7.15. The predicted molar refractivity (Wildman–Crippen MR) is 102 cm³/mol. The van der Waals surface area contributed by atoms with Crippen LogP contribution in [0.4, 0.5) is 5.69 Å². The topological polar surface area (TPSA) is 42.0 Å². The first-order valence-electron chi connectivity index (χ1n) is 7.76. The van der Waals surface area contributed by atoms with Crippen molar-refractivity contribution in [2.24, 2.45) is 0 Å². The average Bonchev–Trinajstić information content (AvgIpc) is 3.10. The number of aromatic nitrogens is 1. The number of pyridine rings is 1. The summed E-state index contributed by atoms with van der Waals surface area (Å²) >= 11 is 3.17. The fourth-order valence-electron chi connectivity index (χ4n) is 2.33. The molecule has 0 unspecified atom stereocenters. The van der Waals surface area contributed by atoms with Crippen LogP contribution in [0, 0.1) is 0 Å². The quantitative estimate of drug-likeness (QED) is 0.615. The van der Waals surface area contributed by atoms with E-state index in [1.165, 1.54) is 11.3 Å². The Balaban J connectivity index is 1.66. The summed E-state index contributed by atoms with van der Waals surface area (Å²) in [7, 11) is 0. The Morgan fingerprint density at radius 3 is 2.92 bits per heavy atom. The van der Waals surface area contributed by atoms with Gasteiger partial charge in [-0.1, -0.05) is 25.1 Å². The summed E-state index contributed by atoms with van der Waals surface area (Å²) in [6.07, 6.45) is 2.67. The first-order chi connectivity index (χ1) is 11.8. The Morgan fingerprint density at radius 2 is 2.12 bits per heavy atom. The molecule has 5 heteroatoms. The Bertz CT molecular complexity index is 815. The molecule has 0 saturated heterocycles. The van der Waals surface area contributed by atoms with Crippen LogP contribution in [-0.2, 0) is 12.2 Å². The van der Waals surface area contributed by atoms with E-state index in [-0.39, 0.29) is 5.91 Å². The van der Waals surface area contributed by atoms with Crippen molar-refractivity contribution in [2.45, 2.75) is 24.1 Å². The van der Waals surface area contributed by atoms with Gasteiger partial charge in [-0.15, -0.1) is 23.1 Å². The van der Waals surface area contributed by atoms with Crippen molar-refractivity contribution >= 4 is 34.7 Å². The van der Waals surface area contributed by atoms with Crippen LogP contribution in [0.3, 0.4) is 0 Å². The van der Waals surface area contributed by atoms with Crippen molar-refractivity contribution in [3.63, 3.8) is 0 Å². The van der Waals surface area contributed by atoms with Crippen LogP contribution in [0.15, 0.2) is 65.1 Å². The van der Waals surface area contributed by atoms with E-state index >= 15 is 0 Å². The fraction of sp³-hybridized carbons (Fsp3) is 0.158. The molecule has 0 bridgehead atoms. The summed E-state index contributed by atoms with van der Waals surface area (Å²) in [4.78, 5) is 17.5. The molecule has 0 aliphatic heterocycles. The summed E-state index contributed by atoms with van der Waals surface area (Å²) in [6, 6.07) is 15.9.